The summed E-state index contributed by atoms with van der Waals surface area (Å²) in [6.07, 6.45) is -0.763. The van der Waals surface area contributed by atoms with Crippen molar-refractivity contribution in [3.8, 4) is 5.75 Å². The first-order valence-corrected chi connectivity index (χ1v) is 10.4. The molecular formula is C19H20F2N2O5S. The summed E-state index contributed by atoms with van der Waals surface area (Å²) < 4.78 is 64.9. The van der Waals surface area contributed by atoms with Gasteiger partial charge in [-0.2, -0.15) is 0 Å². The van der Waals surface area contributed by atoms with Crippen LogP contribution in [0.4, 0.5) is 14.5 Å². The molecule has 10 heteroatoms. The molecule has 0 saturated carbocycles. The Kier molecular flexibility index (Phi) is 6.33. The largest absolute Gasteiger partial charge is 0.481 e. The monoisotopic (exact) mass is 426 g/mol. The van der Waals surface area contributed by atoms with Gasteiger partial charge in [-0.3, -0.25) is 9.52 Å². The van der Waals surface area contributed by atoms with Crippen molar-refractivity contribution in [3.05, 3.63) is 54.1 Å². The number of hydrogen-bond donors (Lipinski definition) is 1. The Bertz CT molecular complexity index is 956. The maximum atomic E-state index is 13.7. The predicted molar refractivity (Wildman–Crippen MR) is 101 cm³/mol. The van der Waals surface area contributed by atoms with Crippen LogP contribution in [-0.4, -0.2) is 51.6 Å². The molecule has 0 radical (unpaired) electrons. The van der Waals surface area contributed by atoms with Gasteiger partial charge >= 0.3 is 0 Å². The number of morpholine rings is 1. The van der Waals surface area contributed by atoms with Crippen LogP contribution in [0.2, 0.25) is 0 Å². The Balaban J connectivity index is 1.68. The van der Waals surface area contributed by atoms with E-state index in [1.165, 1.54) is 24.3 Å². The van der Waals surface area contributed by atoms with Crippen molar-refractivity contribution in [2.45, 2.75) is 17.9 Å². The first-order valence-electron chi connectivity index (χ1n) is 8.88. The molecule has 7 nitrogen and oxygen atoms in total. The molecule has 1 N–H and O–H groups in total. The standard InChI is InChI=1S/C19H20F2N2O5S/c1-13(19(24)23-9-11-27-12-10-23)28-14-5-7-15(8-6-14)29(25,26)22-18-16(20)3-2-4-17(18)21/h2-8,13,22H,9-12H2,1H3/t13-/m1/s1. The third-order valence-electron chi connectivity index (χ3n) is 4.32. The minimum Gasteiger partial charge on any atom is -0.481 e. The van der Waals surface area contributed by atoms with Crippen LogP contribution in [0.15, 0.2) is 47.4 Å². The predicted octanol–water partition coefficient (Wildman–Crippen LogP) is 2.39. The number of carbonyl (C=O) groups excluding carboxylic acids is 1. The van der Waals surface area contributed by atoms with Crippen molar-refractivity contribution in [2.24, 2.45) is 0 Å². The zero-order valence-electron chi connectivity index (χ0n) is 15.6. The number of anilines is 1. The summed E-state index contributed by atoms with van der Waals surface area (Å²) in [4.78, 5) is 13.8. The highest BCUT2D eigenvalue weighted by Crippen LogP contribution is 2.24. The number of benzene rings is 2. The molecule has 3 rings (SSSR count). The minimum absolute atomic E-state index is 0.193. The summed E-state index contributed by atoms with van der Waals surface area (Å²) in [6, 6.07) is 8.22. The van der Waals surface area contributed by atoms with Gasteiger partial charge in [0.25, 0.3) is 15.9 Å². The zero-order valence-corrected chi connectivity index (χ0v) is 16.4. The van der Waals surface area contributed by atoms with Crippen molar-refractivity contribution >= 4 is 21.6 Å². The second-order valence-electron chi connectivity index (χ2n) is 6.37. The summed E-state index contributed by atoms with van der Waals surface area (Å²) in [5.41, 5.74) is -0.752. The van der Waals surface area contributed by atoms with E-state index in [9.17, 15) is 22.0 Å². The van der Waals surface area contributed by atoms with Crippen LogP contribution in [0.1, 0.15) is 6.92 Å². The lowest BCUT2D eigenvalue weighted by Gasteiger charge is -2.29. The zero-order chi connectivity index (χ0) is 21.0. The van der Waals surface area contributed by atoms with Crippen molar-refractivity contribution in [2.75, 3.05) is 31.0 Å². The Labute approximate surface area is 167 Å². The van der Waals surface area contributed by atoms with Crippen LogP contribution in [-0.2, 0) is 19.6 Å². The molecule has 1 aliphatic rings. The topological polar surface area (TPSA) is 84.9 Å². The van der Waals surface area contributed by atoms with Crippen LogP contribution in [0.25, 0.3) is 0 Å². The van der Waals surface area contributed by atoms with Gasteiger partial charge in [-0.15, -0.1) is 0 Å². The number of ether oxygens (including phenoxy) is 2. The van der Waals surface area contributed by atoms with E-state index >= 15 is 0 Å². The molecule has 1 saturated heterocycles. The van der Waals surface area contributed by atoms with Gasteiger partial charge in [-0.05, 0) is 43.3 Å². The van der Waals surface area contributed by atoms with Crippen molar-refractivity contribution in [1.29, 1.82) is 0 Å². The summed E-state index contributed by atoms with van der Waals surface area (Å²) in [5, 5.41) is 0. The van der Waals surface area contributed by atoms with E-state index in [2.05, 4.69) is 0 Å². The fourth-order valence-electron chi connectivity index (χ4n) is 2.78. The van der Waals surface area contributed by atoms with Gasteiger partial charge < -0.3 is 14.4 Å². The maximum Gasteiger partial charge on any atom is 0.263 e. The summed E-state index contributed by atoms with van der Waals surface area (Å²) in [5.74, 6) is -1.95. The Hall–Kier alpha value is -2.72. The average Bonchev–Trinajstić information content (AvgIpc) is 2.71. The average molecular weight is 426 g/mol. The molecule has 0 aliphatic carbocycles. The molecule has 0 bridgehead atoms. The first kappa shape index (κ1) is 21.0. The maximum absolute atomic E-state index is 13.7. The Morgan fingerprint density at radius 1 is 1.10 bits per heavy atom. The van der Waals surface area contributed by atoms with E-state index in [4.69, 9.17) is 9.47 Å². The van der Waals surface area contributed by atoms with E-state index in [-0.39, 0.29) is 16.6 Å². The van der Waals surface area contributed by atoms with Crippen molar-refractivity contribution in [3.63, 3.8) is 0 Å². The fourth-order valence-corrected chi connectivity index (χ4v) is 3.86. The highest BCUT2D eigenvalue weighted by molar-refractivity contribution is 7.92. The molecule has 2 aromatic rings. The van der Waals surface area contributed by atoms with Gasteiger partial charge in [0, 0.05) is 13.1 Å². The van der Waals surface area contributed by atoms with Gasteiger partial charge in [0.15, 0.2) is 6.10 Å². The third kappa shape index (κ3) is 5.01. The van der Waals surface area contributed by atoms with E-state index in [0.717, 1.165) is 18.2 Å². The number of nitrogens with one attached hydrogen (secondary N) is 1. The lowest BCUT2D eigenvalue weighted by molar-refractivity contribution is -0.142. The smallest absolute Gasteiger partial charge is 0.263 e. The fraction of sp³-hybridized carbons (Fsp3) is 0.316. The third-order valence-corrected chi connectivity index (χ3v) is 5.68. The number of para-hydroxylation sites is 1. The van der Waals surface area contributed by atoms with Crippen LogP contribution >= 0.6 is 0 Å². The molecule has 0 unspecified atom stereocenters. The summed E-state index contributed by atoms with van der Waals surface area (Å²) in [6.45, 7) is 3.52. The summed E-state index contributed by atoms with van der Waals surface area (Å²) in [7, 11) is -4.21. The number of amides is 1. The number of hydrogen-bond acceptors (Lipinski definition) is 5. The van der Waals surface area contributed by atoms with E-state index < -0.39 is 33.4 Å². The first-order chi connectivity index (χ1) is 13.8. The van der Waals surface area contributed by atoms with Gasteiger partial charge in [0.1, 0.15) is 23.1 Å². The van der Waals surface area contributed by atoms with Gasteiger partial charge in [-0.1, -0.05) is 6.07 Å². The van der Waals surface area contributed by atoms with Crippen LogP contribution < -0.4 is 9.46 Å². The Morgan fingerprint density at radius 3 is 2.28 bits per heavy atom. The Morgan fingerprint density at radius 2 is 1.69 bits per heavy atom. The second kappa shape index (κ2) is 8.75. The van der Waals surface area contributed by atoms with Gasteiger partial charge in [0.05, 0.1) is 18.1 Å². The molecule has 1 aliphatic heterocycles. The lowest BCUT2D eigenvalue weighted by atomic mass is 10.3. The van der Waals surface area contributed by atoms with Gasteiger partial charge in [-0.25, -0.2) is 17.2 Å². The van der Waals surface area contributed by atoms with Crippen LogP contribution in [0, 0.1) is 11.6 Å². The SMILES string of the molecule is C[C@@H](Oc1ccc(S(=O)(=O)Nc2c(F)cccc2F)cc1)C(=O)N1CCOCC1. The molecule has 0 spiro atoms. The molecule has 1 amide bonds. The number of carbonyl (C=O) groups is 1. The molecular weight excluding hydrogens is 406 g/mol. The van der Waals surface area contributed by atoms with Crippen LogP contribution in [0.5, 0.6) is 5.75 Å². The molecule has 1 atom stereocenters. The highest BCUT2D eigenvalue weighted by atomic mass is 32.2. The normalized spacial score (nSPS) is 15.6. The molecule has 156 valence electrons. The number of sulfonamides is 1. The van der Waals surface area contributed by atoms with E-state index in [1.54, 1.807) is 11.8 Å². The van der Waals surface area contributed by atoms with Crippen LogP contribution in [0.3, 0.4) is 0 Å². The number of rotatable bonds is 6. The van der Waals surface area contributed by atoms with Gasteiger partial charge in [0.2, 0.25) is 0 Å². The van der Waals surface area contributed by atoms with Crippen molar-refractivity contribution in [1.82, 2.24) is 4.90 Å². The lowest BCUT2D eigenvalue weighted by Crippen LogP contribution is -2.46. The van der Waals surface area contributed by atoms with E-state index in [1.807, 2.05) is 4.72 Å². The minimum atomic E-state index is -4.21. The van der Waals surface area contributed by atoms with Crippen molar-refractivity contribution < 1.29 is 31.5 Å². The molecule has 2 aromatic carbocycles. The van der Waals surface area contributed by atoms with E-state index in [0.29, 0.717) is 26.3 Å². The highest BCUT2D eigenvalue weighted by Gasteiger charge is 2.24. The number of nitrogens with zero attached hydrogens (tertiary/aromatic N) is 1. The molecule has 1 fully saturated rings. The molecule has 29 heavy (non-hydrogen) atoms. The summed E-state index contributed by atoms with van der Waals surface area (Å²) >= 11 is 0. The quantitative estimate of drug-likeness (QED) is 0.767. The molecule has 1 heterocycles. The molecule has 0 aromatic heterocycles. The second-order valence-corrected chi connectivity index (χ2v) is 8.05. The number of halogens is 2.